The van der Waals surface area contributed by atoms with Crippen molar-refractivity contribution < 1.29 is 4.74 Å². The molecule has 1 unspecified atom stereocenters. The number of halogens is 1. The van der Waals surface area contributed by atoms with Crippen molar-refractivity contribution in [3.63, 3.8) is 0 Å². The molecule has 3 heteroatoms. The number of ether oxygens (including phenoxy) is 1. The van der Waals surface area contributed by atoms with E-state index in [0.717, 1.165) is 24.2 Å². The Labute approximate surface area is 99.1 Å². The first-order valence-electron chi connectivity index (χ1n) is 5.41. The Kier molecular flexibility index (Phi) is 4.18. The molecule has 1 N–H and O–H groups in total. The van der Waals surface area contributed by atoms with Gasteiger partial charge in [-0.2, -0.15) is 0 Å². The third-order valence-corrected chi connectivity index (χ3v) is 3.18. The molecular weight excluding hydrogens is 254 g/mol. The molecule has 1 aromatic rings. The molecule has 15 heavy (non-hydrogen) atoms. The number of rotatable bonds is 3. The van der Waals surface area contributed by atoms with Crippen LogP contribution >= 0.6 is 15.9 Å². The SMILES string of the molecule is Brc1ccc(COC2CCCNC2)cc1. The number of benzene rings is 1. The van der Waals surface area contributed by atoms with Crippen LogP contribution in [-0.4, -0.2) is 19.2 Å². The van der Waals surface area contributed by atoms with Gasteiger partial charge in [0.25, 0.3) is 0 Å². The van der Waals surface area contributed by atoms with E-state index in [1.807, 2.05) is 0 Å². The van der Waals surface area contributed by atoms with Gasteiger partial charge in [0.1, 0.15) is 0 Å². The van der Waals surface area contributed by atoms with Crippen LogP contribution in [-0.2, 0) is 11.3 Å². The molecule has 0 spiro atoms. The fourth-order valence-electron chi connectivity index (χ4n) is 1.76. The highest BCUT2D eigenvalue weighted by atomic mass is 79.9. The second kappa shape index (κ2) is 5.64. The van der Waals surface area contributed by atoms with Crippen molar-refractivity contribution in [1.29, 1.82) is 0 Å². The lowest BCUT2D eigenvalue weighted by Crippen LogP contribution is -2.35. The summed E-state index contributed by atoms with van der Waals surface area (Å²) in [5, 5.41) is 3.35. The summed E-state index contributed by atoms with van der Waals surface area (Å²) < 4.78 is 6.95. The van der Waals surface area contributed by atoms with Gasteiger partial charge in [-0.15, -0.1) is 0 Å². The number of hydrogen-bond acceptors (Lipinski definition) is 2. The highest BCUT2D eigenvalue weighted by molar-refractivity contribution is 9.10. The van der Waals surface area contributed by atoms with Gasteiger partial charge in [0.2, 0.25) is 0 Å². The Balaban J connectivity index is 1.79. The Hall–Kier alpha value is -0.380. The first-order valence-corrected chi connectivity index (χ1v) is 6.20. The van der Waals surface area contributed by atoms with E-state index < -0.39 is 0 Å². The number of hydrogen-bond donors (Lipinski definition) is 1. The lowest BCUT2D eigenvalue weighted by atomic mass is 10.1. The summed E-state index contributed by atoms with van der Waals surface area (Å²) in [6, 6.07) is 8.30. The van der Waals surface area contributed by atoms with E-state index in [1.54, 1.807) is 0 Å². The maximum absolute atomic E-state index is 5.83. The first kappa shape index (κ1) is 11.1. The monoisotopic (exact) mass is 269 g/mol. The smallest absolute Gasteiger partial charge is 0.0721 e. The molecule has 0 bridgehead atoms. The fraction of sp³-hybridized carbons (Fsp3) is 0.500. The average molecular weight is 270 g/mol. The third-order valence-electron chi connectivity index (χ3n) is 2.65. The van der Waals surface area contributed by atoms with E-state index in [0.29, 0.717) is 6.10 Å². The highest BCUT2D eigenvalue weighted by Crippen LogP contribution is 2.13. The molecule has 0 aromatic heterocycles. The minimum atomic E-state index is 0.391. The van der Waals surface area contributed by atoms with Gasteiger partial charge in [0.05, 0.1) is 12.7 Å². The molecule has 1 aromatic carbocycles. The molecule has 2 rings (SSSR count). The van der Waals surface area contributed by atoms with Crippen LogP contribution in [0.25, 0.3) is 0 Å². The summed E-state index contributed by atoms with van der Waals surface area (Å²) in [5.74, 6) is 0. The predicted molar refractivity (Wildman–Crippen MR) is 64.8 cm³/mol. The summed E-state index contributed by atoms with van der Waals surface area (Å²) in [4.78, 5) is 0. The zero-order valence-electron chi connectivity index (χ0n) is 8.71. The third kappa shape index (κ3) is 3.59. The van der Waals surface area contributed by atoms with Gasteiger partial charge in [0, 0.05) is 11.0 Å². The van der Waals surface area contributed by atoms with E-state index in [9.17, 15) is 0 Å². The minimum absolute atomic E-state index is 0.391. The molecule has 2 nitrogen and oxygen atoms in total. The fourth-order valence-corrected chi connectivity index (χ4v) is 2.02. The highest BCUT2D eigenvalue weighted by Gasteiger charge is 2.12. The predicted octanol–water partition coefficient (Wildman–Crippen LogP) is 2.72. The second-order valence-electron chi connectivity index (χ2n) is 3.91. The van der Waals surface area contributed by atoms with Crippen molar-refractivity contribution in [2.45, 2.75) is 25.6 Å². The van der Waals surface area contributed by atoms with Gasteiger partial charge in [0.15, 0.2) is 0 Å². The van der Waals surface area contributed by atoms with E-state index >= 15 is 0 Å². The second-order valence-corrected chi connectivity index (χ2v) is 4.82. The number of nitrogens with one attached hydrogen (secondary N) is 1. The lowest BCUT2D eigenvalue weighted by Gasteiger charge is -2.23. The van der Waals surface area contributed by atoms with Crippen molar-refractivity contribution in [2.24, 2.45) is 0 Å². The summed E-state index contributed by atoms with van der Waals surface area (Å²) >= 11 is 3.42. The zero-order chi connectivity index (χ0) is 10.5. The molecule has 82 valence electrons. The Morgan fingerprint density at radius 3 is 2.80 bits per heavy atom. The van der Waals surface area contributed by atoms with E-state index in [2.05, 4.69) is 45.5 Å². The van der Waals surface area contributed by atoms with Crippen molar-refractivity contribution in [2.75, 3.05) is 13.1 Å². The van der Waals surface area contributed by atoms with Gasteiger partial charge >= 0.3 is 0 Å². The molecule has 0 aliphatic carbocycles. The summed E-state index contributed by atoms with van der Waals surface area (Å²) in [5.41, 5.74) is 1.24. The summed E-state index contributed by atoms with van der Waals surface area (Å²) in [7, 11) is 0. The van der Waals surface area contributed by atoms with Crippen LogP contribution in [0.1, 0.15) is 18.4 Å². The lowest BCUT2D eigenvalue weighted by molar-refractivity contribution is 0.0253. The van der Waals surface area contributed by atoms with Crippen LogP contribution in [0.2, 0.25) is 0 Å². The van der Waals surface area contributed by atoms with Crippen LogP contribution in [0.3, 0.4) is 0 Å². The van der Waals surface area contributed by atoms with Gasteiger partial charge in [-0.1, -0.05) is 28.1 Å². The summed E-state index contributed by atoms with van der Waals surface area (Å²) in [6.45, 7) is 2.86. The van der Waals surface area contributed by atoms with Crippen molar-refractivity contribution in [1.82, 2.24) is 5.32 Å². The maximum Gasteiger partial charge on any atom is 0.0721 e. The Bertz CT molecular complexity index is 293. The van der Waals surface area contributed by atoms with Crippen LogP contribution in [0.15, 0.2) is 28.7 Å². The standard InChI is InChI=1S/C12H16BrNO/c13-11-5-3-10(4-6-11)9-15-12-2-1-7-14-8-12/h3-6,12,14H,1-2,7-9H2. The first-order chi connectivity index (χ1) is 7.34. The Morgan fingerprint density at radius 2 is 2.13 bits per heavy atom. The van der Waals surface area contributed by atoms with Crippen molar-refractivity contribution >= 4 is 15.9 Å². The zero-order valence-corrected chi connectivity index (χ0v) is 10.3. The Morgan fingerprint density at radius 1 is 1.33 bits per heavy atom. The van der Waals surface area contributed by atoms with Crippen LogP contribution < -0.4 is 5.32 Å². The number of piperidine rings is 1. The van der Waals surface area contributed by atoms with Gasteiger partial charge in [-0.3, -0.25) is 0 Å². The molecule has 1 atom stereocenters. The molecule has 1 heterocycles. The van der Waals surface area contributed by atoms with E-state index in [4.69, 9.17) is 4.74 Å². The van der Waals surface area contributed by atoms with Crippen molar-refractivity contribution in [3.05, 3.63) is 34.3 Å². The largest absolute Gasteiger partial charge is 0.372 e. The molecular formula is C12H16BrNO. The molecule has 0 saturated carbocycles. The van der Waals surface area contributed by atoms with E-state index in [-0.39, 0.29) is 0 Å². The molecule has 1 fully saturated rings. The maximum atomic E-state index is 5.83. The van der Waals surface area contributed by atoms with Crippen LogP contribution in [0.5, 0.6) is 0 Å². The van der Waals surface area contributed by atoms with Crippen LogP contribution in [0.4, 0.5) is 0 Å². The molecule has 1 saturated heterocycles. The normalized spacial score (nSPS) is 21.5. The van der Waals surface area contributed by atoms with E-state index in [1.165, 1.54) is 18.4 Å². The minimum Gasteiger partial charge on any atom is -0.372 e. The average Bonchev–Trinajstić information content (AvgIpc) is 2.30. The molecule has 0 amide bonds. The van der Waals surface area contributed by atoms with Gasteiger partial charge in [-0.05, 0) is 37.1 Å². The quantitative estimate of drug-likeness (QED) is 0.911. The molecule has 0 radical (unpaired) electrons. The topological polar surface area (TPSA) is 21.3 Å². The molecule has 1 aliphatic rings. The van der Waals surface area contributed by atoms with Crippen molar-refractivity contribution in [3.8, 4) is 0 Å². The summed E-state index contributed by atoms with van der Waals surface area (Å²) in [6.07, 6.45) is 2.80. The molecule has 1 aliphatic heterocycles. The van der Waals surface area contributed by atoms with Gasteiger partial charge in [-0.25, -0.2) is 0 Å². The van der Waals surface area contributed by atoms with Gasteiger partial charge < -0.3 is 10.1 Å². The van der Waals surface area contributed by atoms with Crippen LogP contribution in [0, 0.1) is 0 Å².